The molecule has 1 aromatic heterocycles. The molecule has 1 fully saturated rings. The minimum Gasteiger partial charge on any atom is -0.324 e. The van der Waals surface area contributed by atoms with Crippen LogP contribution >= 0.6 is 23.2 Å². The molecular formula is C15H18Cl2N2. The number of halogens is 2. The van der Waals surface area contributed by atoms with E-state index in [0.29, 0.717) is 17.3 Å². The van der Waals surface area contributed by atoms with Crippen LogP contribution in [0.3, 0.4) is 0 Å². The van der Waals surface area contributed by atoms with Gasteiger partial charge < -0.3 is 4.57 Å². The average Bonchev–Trinajstić information content (AvgIpc) is 2.88. The van der Waals surface area contributed by atoms with Gasteiger partial charge in [-0.1, -0.05) is 25.4 Å². The lowest BCUT2D eigenvalue weighted by Gasteiger charge is -2.19. The number of imidazole rings is 1. The van der Waals surface area contributed by atoms with E-state index < -0.39 is 0 Å². The van der Waals surface area contributed by atoms with Gasteiger partial charge in [0.05, 0.1) is 16.9 Å². The van der Waals surface area contributed by atoms with E-state index in [1.165, 1.54) is 19.3 Å². The summed E-state index contributed by atoms with van der Waals surface area (Å²) in [5, 5.41) is 0.727. The van der Waals surface area contributed by atoms with E-state index in [0.717, 1.165) is 21.9 Å². The zero-order valence-electron chi connectivity index (χ0n) is 11.3. The highest BCUT2D eigenvalue weighted by Gasteiger charge is 2.33. The van der Waals surface area contributed by atoms with Gasteiger partial charge in [0.15, 0.2) is 0 Å². The third kappa shape index (κ3) is 2.36. The van der Waals surface area contributed by atoms with Crippen LogP contribution in [0, 0.1) is 5.41 Å². The summed E-state index contributed by atoms with van der Waals surface area (Å²) in [6, 6.07) is 6.42. The second-order valence-electron chi connectivity index (χ2n) is 6.23. The van der Waals surface area contributed by atoms with Gasteiger partial charge in [-0.3, -0.25) is 0 Å². The predicted molar refractivity (Wildman–Crippen MR) is 81.0 cm³/mol. The Morgan fingerprint density at radius 1 is 1.42 bits per heavy atom. The van der Waals surface area contributed by atoms with Crippen molar-refractivity contribution in [3.8, 4) is 0 Å². The monoisotopic (exact) mass is 296 g/mol. The summed E-state index contributed by atoms with van der Waals surface area (Å²) < 4.78 is 2.33. The summed E-state index contributed by atoms with van der Waals surface area (Å²) in [5.41, 5.74) is 2.52. The number of aromatic nitrogens is 2. The molecule has 0 radical (unpaired) electrons. The van der Waals surface area contributed by atoms with Gasteiger partial charge >= 0.3 is 0 Å². The van der Waals surface area contributed by atoms with Gasteiger partial charge in [0, 0.05) is 11.1 Å². The highest BCUT2D eigenvalue weighted by atomic mass is 35.5. The van der Waals surface area contributed by atoms with Crippen molar-refractivity contribution in [2.75, 3.05) is 0 Å². The Hall–Kier alpha value is -0.730. The van der Waals surface area contributed by atoms with Crippen LogP contribution < -0.4 is 0 Å². The van der Waals surface area contributed by atoms with E-state index in [9.17, 15) is 0 Å². The van der Waals surface area contributed by atoms with Crippen LogP contribution in [0.4, 0.5) is 0 Å². The van der Waals surface area contributed by atoms with Gasteiger partial charge in [-0.2, -0.15) is 0 Å². The summed E-state index contributed by atoms with van der Waals surface area (Å²) in [7, 11) is 0. The van der Waals surface area contributed by atoms with Gasteiger partial charge in [-0.25, -0.2) is 4.98 Å². The van der Waals surface area contributed by atoms with Crippen molar-refractivity contribution in [2.45, 2.75) is 45.0 Å². The van der Waals surface area contributed by atoms with Crippen LogP contribution in [0.15, 0.2) is 18.2 Å². The second-order valence-corrected chi connectivity index (χ2v) is 6.93. The predicted octanol–water partition coefficient (Wildman–Crippen LogP) is 5.18. The van der Waals surface area contributed by atoms with Crippen LogP contribution in [0.25, 0.3) is 11.0 Å². The topological polar surface area (TPSA) is 17.8 Å². The molecule has 0 N–H and O–H groups in total. The van der Waals surface area contributed by atoms with E-state index in [-0.39, 0.29) is 0 Å². The molecule has 1 heterocycles. The zero-order valence-corrected chi connectivity index (χ0v) is 12.8. The number of benzene rings is 1. The lowest BCUT2D eigenvalue weighted by molar-refractivity contribution is 0.359. The molecule has 2 aromatic rings. The van der Waals surface area contributed by atoms with E-state index in [1.54, 1.807) is 0 Å². The smallest absolute Gasteiger partial charge is 0.125 e. The summed E-state index contributed by atoms with van der Waals surface area (Å²) in [5.74, 6) is 1.41. The lowest BCUT2D eigenvalue weighted by Crippen LogP contribution is -2.11. The maximum absolute atomic E-state index is 6.08. The molecule has 1 atom stereocenters. The summed E-state index contributed by atoms with van der Waals surface area (Å²) in [6.45, 7) is 4.67. The molecule has 0 saturated heterocycles. The molecule has 1 aromatic carbocycles. The Morgan fingerprint density at radius 2 is 2.21 bits per heavy atom. The molecule has 0 bridgehead atoms. The van der Waals surface area contributed by atoms with Crippen molar-refractivity contribution in [1.29, 1.82) is 0 Å². The first kappa shape index (κ1) is 13.3. The van der Waals surface area contributed by atoms with Crippen LogP contribution in [0.5, 0.6) is 0 Å². The van der Waals surface area contributed by atoms with Crippen LogP contribution in [-0.2, 0) is 5.88 Å². The fraction of sp³-hybridized carbons (Fsp3) is 0.533. The molecule has 1 unspecified atom stereocenters. The van der Waals surface area contributed by atoms with Crippen molar-refractivity contribution in [2.24, 2.45) is 5.41 Å². The SMILES string of the molecule is CC1(C)CCC(n2c(CCl)nc3cc(Cl)ccc32)C1. The van der Waals surface area contributed by atoms with Crippen molar-refractivity contribution < 1.29 is 0 Å². The number of nitrogens with zero attached hydrogens (tertiary/aromatic N) is 2. The molecule has 1 saturated carbocycles. The first-order chi connectivity index (χ1) is 9.00. The zero-order chi connectivity index (χ0) is 13.6. The Kier molecular flexibility index (Phi) is 3.26. The fourth-order valence-corrected chi connectivity index (χ4v) is 3.60. The Bertz CT molecular complexity index is 616. The highest BCUT2D eigenvalue weighted by Crippen LogP contribution is 2.45. The van der Waals surface area contributed by atoms with E-state index in [1.807, 2.05) is 12.1 Å². The van der Waals surface area contributed by atoms with Crippen LogP contribution in [-0.4, -0.2) is 9.55 Å². The molecule has 1 aliphatic rings. The number of alkyl halides is 1. The first-order valence-electron chi connectivity index (χ1n) is 6.72. The van der Waals surface area contributed by atoms with Gasteiger partial charge in [-0.15, -0.1) is 11.6 Å². The molecule has 0 aliphatic heterocycles. The minimum absolute atomic E-state index is 0.414. The summed E-state index contributed by atoms with van der Waals surface area (Å²) in [6.07, 6.45) is 3.64. The van der Waals surface area contributed by atoms with Crippen LogP contribution in [0.2, 0.25) is 5.02 Å². The molecule has 0 amide bonds. The van der Waals surface area contributed by atoms with Gasteiger partial charge in [0.1, 0.15) is 5.82 Å². The Labute approximate surface area is 123 Å². The highest BCUT2D eigenvalue weighted by molar-refractivity contribution is 6.31. The normalized spacial score (nSPS) is 22.2. The lowest BCUT2D eigenvalue weighted by atomic mass is 9.92. The quantitative estimate of drug-likeness (QED) is 0.698. The molecule has 2 nitrogen and oxygen atoms in total. The van der Waals surface area contributed by atoms with E-state index in [4.69, 9.17) is 23.2 Å². The first-order valence-corrected chi connectivity index (χ1v) is 7.64. The third-order valence-electron chi connectivity index (χ3n) is 4.15. The minimum atomic E-state index is 0.414. The molecule has 3 rings (SSSR count). The summed E-state index contributed by atoms with van der Waals surface area (Å²) in [4.78, 5) is 4.63. The van der Waals surface area contributed by atoms with Crippen molar-refractivity contribution in [1.82, 2.24) is 9.55 Å². The maximum atomic E-state index is 6.08. The van der Waals surface area contributed by atoms with Crippen molar-refractivity contribution >= 4 is 34.2 Å². The van der Waals surface area contributed by atoms with E-state index in [2.05, 4.69) is 29.5 Å². The largest absolute Gasteiger partial charge is 0.324 e. The van der Waals surface area contributed by atoms with Crippen molar-refractivity contribution in [3.63, 3.8) is 0 Å². The number of hydrogen-bond acceptors (Lipinski definition) is 1. The maximum Gasteiger partial charge on any atom is 0.125 e. The van der Waals surface area contributed by atoms with Gasteiger partial charge in [0.25, 0.3) is 0 Å². The molecule has 0 spiro atoms. The number of hydrogen-bond donors (Lipinski definition) is 0. The van der Waals surface area contributed by atoms with Gasteiger partial charge in [0.2, 0.25) is 0 Å². The number of rotatable bonds is 2. The Morgan fingerprint density at radius 3 is 2.84 bits per heavy atom. The van der Waals surface area contributed by atoms with Gasteiger partial charge in [-0.05, 0) is 42.9 Å². The summed E-state index contributed by atoms with van der Waals surface area (Å²) >= 11 is 12.1. The standard InChI is InChI=1S/C15H18Cl2N2/c1-15(2)6-5-11(8-15)19-13-4-3-10(17)7-12(13)18-14(19)9-16/h3-4,7,11H,5-6,8-9H2,1-2H3. The van der Waals surface area contributed by atoms with Crippen molar-refractivity contribution in [3.05, 3.63) is 29.0 Å². The fourth-order valence-electron chi connectivity index (χ4n) is 3.24. The number of fused-ring (bicyclic) bond motifs is 1. The van der Waals surface area contributed by atoms with E-state index >= 15 is 0 Å². The third-order valence-corrected chi connectivity index (χ3v) is 4.63. The molecular weight excluding hydrogens is 279 g/mol. The molecule has 19 heavy (non-hydrogen) atoms. The molecule has 1 aliphatic carbocycles. The molecule has 4 heteroatoms. The Balaban J connectivity index is 2.11. The average molecular weight is 297 g/mol. The second kappa shape index (κ2) is 4.68. The van der Waals surface area contributed by atoms with Crippen LogP contribution in [0.1, 0.15) is 45.0 Å². The molecule has 102 valence electrons.